The van der Waals surface area contributed by atoms with Crippen LogP contribution in [-0.4, -0.2) is 104 Å². The fourth-order valence-electron chi connectivity index (χ4n) is 3.90. The first-order chi connectivity index (χ1) is 19.0. The monoisotopic (exact) mass is 591 g/mol. The van der Waals surface area contributed by atoms with E-state index in [-0.39, 0.29) is 0 Å². The van der Waals surface area contributed by atoms with E-state index in [1.165, 1.54) is 0 Å². The molecule has 6 atom stereocenters. The Morgan fingerprint density at radius 1 is 0.805 bits per heavy atom. The molecule has 1 heterocycles. The predicted octanol–water partition coefficient (Wildman–Crippen LogP) is -1.39. The zero-order valence-electron chi connectivity index (χ0n) is 23.5. The standard InChI is InChI=1S/C24H33NO16/c1-11(26)35-9-18(38-14(4)29)21(39-15(5)30)22-20(25-19(32)10-36-12(2)27)17(37-13(3)28)8-24(41-22,23(33)34-7)40-16(6)31/h17-18,20-22H,8-10H2,1-7H3,(H,25,32)/t17-,18+,20+,21+,22+,24?/m0/s1. The van der Waals surface area contributed by atoms with E-state index in [9.17, 15) is 38.4 Å². The number of ether oxygens (including phenoxy) is 8. The van der Waals surface area contributed by atoms with Gasteiger partial charge in [0, 0.05) is 41.5 Å². The highest BCUT2D eigenvalue weighted by atomic mass is 16.8. The van der Waals surface area contributed by atoms with Gasteiger partial charge in [-0.3, -0.25) is 33.6 Å². The van der Waals surface area contributed by atoms with E-state index >= 15 is 0 Å². The fraction of sp³-hybridized carbons (Fsp3) is 0.667. The highest BCUT2D eigenvalue weighted by Crippen LogP contribution is 2.37. The molecule has 17 heteroatoms. The third-order valence-corrected chi connectivity index (χ3v) is 5.17. The Labute approximate surface area is 234 Å². The van der Waals surface area contributed by atoms with E-state index in [2.05, 4.69) is 10.1 Å². The molecule has 0 radical (unpaired) electrons. The Morgan fingerprint density at radius 2 is 1.39 bits per heavy atom. The molecule has 17 nitrogen and oxygen atoms in total. The largest absolute Gasteiger partial charge is 0.464 e. The molecule has 1 rings (SSSR count). The Morgan fingerprint density at radius 3 is 1.85 bits per heavy atom. The van der Waals surface area contributed by atoms with Gasteiger partial charge in [-0.2, -0.15) is 0 Å². The first-order valence-electron chi connectivity index (χ1n) is 12.0. The average Bonchev–Trinajstić information content (AvgIpc) is 2.83. The van der Waals surface area contributed by atoms with Gasteiger partial charge in [-0.15, -0.1) is 0 Å². The predicted molar refractivity (Wildman–Crippen MR) is 128 cm³/mol. The third kappa shape index (κ3) is 11.0. The van der Waals surface area contributed by atoms with Gasteiger partial charge in [0.1, 0.15) is 18.8 Å². The molecular formula is C24H33NO16. The van der Waals surface area contributed by atoms with Crippen LogP contribution in [0.1, 0.15) is 48.0 Å². The number of nitrogens with one attached hydrogen (secondary N) is 1. The Bertz CT molecular complexity index is 1040. The van der Waals surface area contributed by atoms with Crippen LogP contribution >= 0.6 is 0 Å². The second kappa shape index (κ2) is 15.5. The molecule has 1 aliphatic heterocycles. The maximum absolute atomic E-state index is 12.9. The van der Waals surface area contributed by atoms with Crippen LogP contribution in [0.3, 0.4) is 0 Å². The normalized spacial score (nSPS) is 23.0. The first-order valence-corrected chi connectivity index (χ1v) is 12.0. The van der Waals surface area contributed by atoms with Crippen LogP contribution in [-0.2, 0) is 76.3 Å². The summed E-state index contributed by atoms with van der Waals surface area (Å²) in [5.41, 5.74) is 0. The van der Waals surface area contributed by atoms with Crippen molar-refractivity contribution < 1.29 is 76.3 Å². The highest BCUT2D eigenvalue weighted by Gasteiger charge is 2.60. The number of carbonyl (C=O) groups is 8. The highest BCUT2D eigenvalue weighted by molar-refractivity contribution is 5.83. The van der Waals surface area contributed by atoms with Gasteiger partial charge in [-0.25, -0.2) is 4.79 Å². The number of esters is 7. The summed E-state index contributed by atoms with van der Waals surface area (Å²) in [4.78, 5) is 96.6. The molecule has 0 aromatic heterocycles. The van der Waals surface area contributed by atoms with Gasteiger partial charge in [0.25, 0.3) is 5.91 Å². The van der Waals surface area contributed by atoms with Crippen LogP contribution in [0.15, 0.2) is 0 Å². The minimum absolute atomic E-state index is 0.710. The van der Waals surface area contributed by atoms with Gasteiger partial charge < -0.3 is 43.2 Å². The van der Waals surface area contributed by atoms with Crippen LogP contribution in [0.2, 0.25) is 0 Å². The van der Waals surface area contributed by atoms with Gasteiger partial charge in [-0.05, 0) is 0 Å². The topological polar surface area (TPSA) is 222 Å². The van der Waals surface area contributed by atoms with Gasteiger partial charge in [0.2, 0.25) is 0 Å². The van der Waals surface area contributed by atoms with Crippen LogP contribution in [0, 0.1) is 0 Å². The molecule has 230 valence electrons. The second-order valence-electron chi connectivity index (χ2n) is 8.67. The Balaban J connectivity index is 3.87. The van der Waals surface area contributed by atoms with Crippen molar-refractivity contribution >= 4 is 47.7 Å². The quantitative estimate of drug-likeness (QED) is 0.204. The van der Waals surface area contributed by atoms with Gasteiger partial charge in [0.05, 0.1) is 19.6 Å². The lowest BCUT2D eigenvalue weighted by atomic mass is 9.88. The van der Waals surface area contributed by atoms with Crippen molar-refractivity contribution in [3.8, 4) is 0 Å². The van der Waals surface area contributed by atoms with E-state index in [1.54, 1.807) is 0 Å². The minimum Gasteiger partial charge on any atom is -0.464 e. The van der Waals surface area contributed by atoms with E-state index in [1.807, 2.05) is 0 Å². The van der Waals surface area contributed by atoms with E-state index in [0.717, 1.165) is 48.7 Å². The molecular weight excluding hydrogens is 558 g/mol. The summed E-state index contributed by atoms with van der Waals surface area (Å²) in [5.74, 6) is -10.4. The maximum Gasteiger partial charge on any atom is 0.379 e. The number of carbonyl (C=O) groups excluding carboxylic acids is 8. The molecule has 0 saturated carbocycles. The maximum atomic E-state index is 12.9. The smallest absolute Gasteiger partial charge is 0.379 e. The molecule has 1 N–H and O–H groups in total. The first kappa shape index (κ1) is 34.7. The number of amides is 1. The third-order valence-electron chi connectivity index (χ3n) is 5.17. The van der Waals surface area contributed by atoms with Gasteiger partial charge in [0.15, 0.2) is 18.8 Å². The zero-order chi connectivity index (χ0) is 31.5. The molecule has 41 heavy (non-hydrogen) atoms. The van der Waals surface area contributed by atoms with Crippen molar-refractivity contribution in [3.63, 3.8) is 0 Å². The summed E-state index contributed by atoms with van der Waals surface area (Å²) in [6, 6.07) is -1.55. The SMILES string of the molecule is COC(=O)C1(OC(C)=O)C[C@H](OC(C)=O)[C@@H](NC(=O)COC(C)=O)[C@H]([C@H](OC(C)=O)[C@@H](COC(C)=O)OC(C)=O)O1. The van der Waals surface area contributed by atoms with Crippen LogP contribution in [0.5, 0.6) is 0 Å². The second-order valence-corrected chi connectivity index (χ2v) is 8.67. The molecule has 0 aromatic rings. The van der Waals surface area contributed by atoms with E-state index < -0.39 is 104 Å². The summed E-state index contributed by atoms with van der Waals surface area (Å²) >= 11 is 0. The zero-order valence-corrected chi connectivity index (χ0v) is 23.5. The molecule has 1 saturated heterocycles. The lowest BCUT2D eigenvalue weighted by molar-refractivity contribution is -0.304. The fourth-order valence-corrected chi connectivity index (χ4v) is 3.90. The molecule has 0 aromatic carbocycles. The van der Waals surface area contributed by atoms with Crippen LogP contribution < -0.4 is 5.32 Å². The molecule has 0 bridgehead atoms. The van der Waals surface area contributed by atoms with Crippen molar-refractivity contribution in [1.82, 2.24) is 5.32 Å². The van der Waals surface area contributed by atoms with Crippen molar-refractivity contribution in [2.45, 2.75) is 84.2 Å². The summed E-state index contributed by atoms with van der Waals surface area (Å²) in [6.07, 6.45) is -7.58. The molecule has 0 spiro atoms. The van der Waals surface area contributed by atoms with E-state index in [0.29, 0.717) is 0 Å². The minimum atomic E-state index is -2.64. The summed E-state index contributed by atoms with van der Waals surface area (Å²) in [7, 11) is 0.936. The number of hydrogen-bond donors (Lipinski definition) is 1. The van der Waals surface area contributed by atoms with Crippen molar-refractivity contribution in [3.05, 3.63) is 0 Å². The van der Waals surface area contributed by atoms with Crippen molar-refractivity contribution in [1.29, 1.82) is 0 Å². The molecule has 1 aliphatic rings. The Hall–Kier alpha value is -4.28. The van der Waals surface area contributed by atoms with Crippen LogP contribution in [0.25, 0.3) is 0 Å². The summed E-state index contributed by atoms with van der Waals surface area (Å²) < 4.78 is 41.3. The van der Waals surface area contributed by atoms with Gasteiger partial charge >= 0.3 is 47.6 Å². The van der Waals surface area contributed by atoms with E-state index in [4.69, 9.17) is 33.2 Å². The average molecular weight is 592 g/mol. The molecule has 0 aliphatic carbocycles. The van der Waals surface area contributed by atoms with Crippen molar-refractivity contribution in [2.24, 2.45) is 0 Å². The summed E-state index contributed by atoms with van der Waals surface area (Å²) in [6.45, 7) is 4.45. The van der Waals surface area contributed by atoms with Crippen LogP contribution in [0.4, 0.5) is 0 Å². The lowest BCUT2D eigenvalue weighted by Gasteiger charge is -2.48. The number of hydrogen-bond acceptors (Lipinski definition) is 16. The lowest BCUT2D eigenvalue weighted by Crippen LogP contribution is -2.69. The Kier molecular flexibility index (Phi) is 13.1. The van der Waals surface area contributed by atoms with Gasteiger partial charge in [-0.1, -0.05) is 0 Å². The molecule has 1 amide bonds. The summed E-state index contributed by atoms with van der Waals surface area (Å²) in [5, 5.41) is 2.40. The van der Waals surface area contributed by atoms with Crippen molar-refractivity contribution in [2.75, 3.05) is 20.3 Å². The number of rotatable bonds is 12. The molecule has 1 unspecified atom stereocenters. The number of methoxy groups -OCH3 is 1. The molecule has 1 fully saturated rings.